The molecule has 1 aromatic carbocycles. The highest BCUT2D eigenvalue weighted by molar-refractivity contribution is 6.00. The van der Waals surface area contributed by atoms with Gasteiger partial charge in [-0.1, -0.05) is 25.5 Å². The SMILES string of the molecule is CCCNc1ccc(C)cc1C(=O)N1C(C)CCC1CC. The Hall–Kier alpha value is -1.51. The first kappa shape index (κ1) is 15.9. The number of nitrogens with zero attached hydrogens (tertiary/aromatic N) is 1. The molecule has 2 atom stereocenters. The Bertz CT molecular complexity index is 498. The van der Waals surface area contributed by atoms with E-state index in [1.54, 1.807) is 0 Å². The van der Waals surface area contributed by atoms with Gasteiger partial charge in [0.2, 0.25) is 0 Å². The highest BCUT2D eigenvalue weighted by Gasteiger charge is 2.34. The average molecular weight is 288 g/mol. The van der Waals surface area contributed by atoms with Crippen molar-refractivity contribution in [3.63, 3.8) is 0 Å². The van der Waals surface area contributed by atoms with Crippen LogP contribution >= 0.6 is 0 Å². The maximum absolute atomic E-state index is 13.0. The normalized spacial score (nSPS) is 21.6. The molecule has 1 N–H and O–H groups in total. The predicted molar refractivity (Wildman–Crippen MR) is 88.9 cm³/mol. The van der Waals surface area contributed by atoms with Crippen LogP contribution in [0.2, 0.25) is 0 Å². The lowest BCUT2D eigenvalue weighted by Gasteiger charge is -2.29. The Morgan fingerprint density at radius 3 is 2.76 bits per heavy atom. The van der Waals surface area contributed by atoms with Gasteiger partial charge >= 0.3 is 0 Å². The number of carbonyl (C=O) groups is 1. The summed E-state index contributed by atoms with van der Waals surface area (Å²) in [7, 11) is 0. The van der Waals surface area contributed by atoms with Crippen molar-refractivity contribution in [3.05, 3.63) is 29.3 Å². The predicted octanol–water partition coefficient (Wildman–Crippen LogP) is 4.22. The fourth-order valence-corrected chi connectivity index (χ4v) is 3.23. The molecule has 1 saturated heterocycles. The summed E-state index contributed by atoms with van der Waals surface area (Å²) in [5, 5.41) is 3.39. The van der Waals surface area contributed by atoms with Crippen LogP contribution in [0.1, 0.15) is 62.4 Å². The maximum atomic E-state index is 13.0. The molecule has 0 bridgehead atoms. The first-order valence-corrected chi connectivity index (χ1v) is 8.25. The highest BCUT2D eigenvalue weighted by atomic mass is 16.2. The summed E-state index contributed by atoms with van der Waals surface area (Å²) in [6.07, 6.45) is 4.35. The number of aryl methyl sites for hydroxylation is 1. The van der Waals surface area contributed by atoms with Crippen molar-refractivity contribution in [1.82, 2.24) is 4.90 Å². The minimum absolute atomic E-state index is 0.189. The smallest absolute Gasteiger partial charge is 0.256 e. The van der Waals surface area contributed by atoms with Gasteiger partial charge < -0.3 is 10.2 Å². The van der Waals surface area contributed by atoms with Crippen LogP contribution in [0.4, 0.5) is 5.69 Å². The van der Waals surface area contributed by atoms with E-state index in [-0.39, 0.29) is 5.91 Å². The molecule has 3 nitrogen and oxygen atoms in total. The summed E-state index contributed by atoms with van der Waals surface area (Å²) in [5.41, 5.74) is 2.94. The summed E-state index contributed by atoms with van der Waals surface area (Å²) in [6, 6.07) is 6.88. The molecule has 1 heterocycles. The number of rotatable bonds is 5. The van der Waals surface area contributed by atoms with Gasteiger partial charge in [0.25, 0.3) is 5.91 Å². The summed E-state index contributed by atoms with van der Waals surface area (Å²) in [5.74, 6) is 0.189. The minimum atomic E-state index is 0.189. The van der Waals surface area contributed by atoms with Gasteiger partial charge in [0.1, 0.15) is 0 Å². The van der Waals surface area contributed by atoms with Gasteiger partial charge in [0.15, 0.2) is 0 Å². The molecule has 2 rings (SSSR count). The fraction of sp³-hybridized carbons (Fsp3) is 0.611. The van der Waals surface area contributed by atoms with Gasteiger partial charge in [0.05, 0.1) is 5.56 Å². The number of amides is 1. The fourth-order valence-electron chi connectivity index (χ4n) is 3.23. The highest BCUT2D eigenvalue weighted by Crippen LogP contribution is 2.30. The first-order chi connectivity index (χ1) is 10.1. The standard InChI is InChI=1S/C18H28N2O/c1-5-11-19-17-10-7-13(3)12-16(17)18(21)20-14(4)8-9-15(20)6-2/h7,10,12,14-15,19H,5-6,8-9,11H2,1-4H3. The zero-order valence-electron chi connectivity index (χ0n) is 13.8. The third-order valence-electron chi connectivity index (χ3n) is 4.46. The van der Waals surface area contributed by atoms with Crippen molar-refractivity contribution in [2.45, 2.75) is 65.5 Å². The molecule has 0 radical (unpaired) electrons. The quantitative estimate of drug-likeness (QED) is 0.879. The van der Waals surface area contributed by atoms with E-state index in [0.29, 0.717) is 12.1 Å². The number of nitrogens with one attached hydrogen (secondary N) is 1. The second-order valence-corrected chi connectivity index (χ2v) is 6.18. The van der Waals surface area contributed by atoms with Crippen LogP contribution in [0, 0.1) is 6.92 Å². The molecule has 1 aromatic rings. The maximum Gasteiger partial charge on any atom is 0.256 e. The van der Waals surface area contributed by atoms with Crippen LogP contribution in [-0.2, 0) is 0 Å². The summed E-state index contributed by atoms with van der Waals surface area (Å²) < 4.78 is 0. The molecule has 1 aliphatic rings. The third kappa shape index (κ3) is 3.39. The van der Waals surface area contributed by atoms with Crippen molar-refractivity contribution >= 4 is 11.6 Å². The topological polar surface area (TPSA) is 32.3 Å². The van der Waals surface area contributed by atoms with Crippen LogP contribution in [0.5, 0.6) is 0 Å². The molecule has 0 spiro atoms. The second kappa shape index (κ2) is 6.97. The van der Waals surface area contributed by atoms with Crippen LogP contribution in [0.3, 0.4) is 0 Å². The zero-order chi connectivity index (χ0) is 15.4. The van der Waals surface area contributed by atoms with Crippen molar-refractivity contribution in [2.75, 3.05) is 11.9 Å². The van der Waals surface area contributed by atoms with Crippen LogP contribution in [0.25, 0.3) is 0 Å². The largest absolute Gasteiger partial charge is 0.384 e. The van der Waals surface area contributed by atoms with Crippen LogP contribution in [0.15, 0.2) is 18.2 Å². The minimum Gasteiger partial charge on any atom is -0.384 e. The third-order valence-corrected chi connectivity index (χ3v) is 4.46. The molecular weight excluding hydrogens is 260 g/mol. The molecule has 1 fully saturated rings. The van der Waals surface area contributed by atoms with Gasteiger partial charge in [-0.3, -0.25) is 4.79 Å². The second-order valence-electron chi connectivity index (χ2n) is 6.18. The van der Waals surface area contributed by atoms with Crippen molar-refractivity contribution in [2.24, 2.45) is 0 Å². The van der Waals surface area contributed by atoms with E-state index in [9.17, 15) is 4.79 Å². The molecule has 0 aliphatic carbocycles. The monoisotopic (exact) mass is 288 g/mol. The van der Waals surface area contributed by atoms with E-state index < -0.39 is 0 Å². The van der Waals surface area contributed by atoms with Gasteiger partial charge in [-0.25, -0.2) is 0 Å². The van der Waals surface area contributed by atoms with Gasteiger partial charge in [0, 0.05) is 24.3 Å². The van der Waals surface area contributed by atoms with E-state index in [2.05, 4.69) is 37.1 Å². The van der Waals surface area contributed by atoms with E-state index in [1.165, 1.54) is 0 Å². The summed E-state index contributed by atoms with van der Waals surface area (Å²) >= 11 is 0. The number of carbonyl (C=O) groups excluding carboxylic acids is 1. The number of anilines is 1. The number of hydrogen-bond donors (Lipinski definition) is 1. The molecule has 0 aromatic heterocycles. The zero-order valence-corrected chi connectivity index (χ0v) is 13.8. The number of likely N-dealkylation sites (tertiary alicyclic amines) is 1. The van der Waals surface area contributed by atoms with Crippen LogP contribution in [-0.4, -0.2) is 29.4 Å². The Labute approximate surface area is 128 Å². The molecule has 116 valence electrons. The van der Waals surface area contributed by atoms with Gasteiger partial charge in [-0.05, 0) is 51.7 Å². The molecule has 3 heteroatoms. The Balaban J connectivity index is 2.30. The molecule has 21 heavy (non-hydrogen) atoms. The van der Waals surface area contributed by atoms with E-state index in [0.717, 1.165) is 49.0 Å². The van der Waals surface area contributed by atoms with E-state index >= 15 is 0 Å². The number of hydrogen-bond acceptors (Lipinski definition) is 2. The molecule has 0 saturated carbocycles. The van der Waals surface area contributed by atoms with Gasteiger partial charge in [-0.15, -0.1) is 0 Å². The van der Waals surface area contributed by atoms with Gasteiger partial charge in [-0.2, -0.15) is 0 Å². The Morgan fingerprint density at radius 1 is 1.33 bits per heavy atom. The van der Waals surface area contributed by atoms with Crippen molar-refractivity contribution in [3.8, 4) is 0 Å². The average Bonchev–Trinajstić information content (AvgIpc) is 2.86. The summed E-state index contributed by atoms with van der Waals surface area (Å²) in [6.45, 7) is 9.43. The van der Waals surface area contributed by atoms with Crippen LogP contribution < -0.4 is 5.32 Å². The molecule has 1 aliphatic heterocycles. The first-order valence-electron chi connectivity index (χ1n) is 8.25. The lowest BCUT2D eigenvalue weighted by atomic mass is 10.1. The lowest BCUT2D eigenvalue weighted by Crippen LogP contribution is -2.40. The van der Waals surface area contributed by atoms with E-state index in [4.69, 9.17) is 0 Å². The Morgan fingerprint density at radius 2 is 2.10 bits per heavy atom. The number of benzene rings is 1. The Kier molecular flexibility index (Phi) is 5.27. The molecular formula is C18H28N2O. The molecule has 2 unspecified atom stereocenters. The molecule has 1 amide bonds. The summed E-state index contributed by atoms with van der Waals surface area (Å²) in [4.78, 5) is 15.2. The lowest BCUT2D eigenvalue weighted by molar-refractivity contribution is 0.0677. The van der Waals surface area contributed by atoms with Crippen molar-refractivity contribution < 1.29 is 4.79 Å². The van der Waals surface area contributed by atoms with E-state index in [1.807, 2.05) is 19.1 Å². The van der Waals surface area contributed by atoms with Crippen molar-refractivity contribution in [1.29, 1.82) is 0 Å².